The maximum absolute atomic E-state index is 4.71. The fraction of sp³-hybridized carbons (Fsp3) is 0.250. The standard InChI is InChI=1S/C20H19N3/c1-12-7-10-17-16(11-12)14-8-9-15-18(13-5-3-2-4-6-13)22-23-20(15)19(14)21-17/h2-7,10-11,15,18,21-22H,8-9H2,1H3/t15-,18+/m1/s1. The molecule has 0 fully saturated rings. The number of nitrogens with zero attached hydrogens (tertiary/aromatic N) is 1. The molecule has 0 saturated heterocycles. The van der Waals surface area contributed by atoms with Crippen molar-refractivity contribution < 1.29 is 0 Å². The summed E-state index contributed by atoms with van der Waals surface area (Å²) in [6, 6.07) is 17.6. The molecule has 2 heterocycles. The number of nitrogens with one attached hydrogen (secondary N) is 2. The van der Waals surface area contributed by atoms with Gasteiger partial charge >= 0.3 is 0 Å². The maximum atomic E-state index is 4.71. The summed E-state index contributed by atoms with van der Waals surface area (Å²) >= 11 is 0. The smallest absolute Gasteiger partial charge is 0.0896 e. The van der Waals surface area contributed by atoms with E-state index < -0.39 is 0 Å². The Morgan fingerprint density at radius 1 is 1.09 bits per heavy atom. The number of fused-ring (bicyclic) bond motifs is 5. The van der Waals surface area contributed by atoms with Crippen molar-refractivity contribution in [3.63, 3.8) is 0 Å². The Labute approximate surface area is 135 Å². The molecule has 0 saturated carbocycles. The number of rotatable bonds is 1. The van der Waals surface area contributed by atoms with Gasteiger partial charge in [-0.25, -0.2) is 0 Å². The SMILES string of the molecule is Cc1ccc2[nH]c3c(c2c1)CC[C@H]1C3=NN[C@H]1c1ccccc1. The monoisotopic (exact) mass is 301 g/mol. The number of H-pyrrole nitrogens is 1. The molecule has 0 spiro atoms. The van der Waals surface area contributed by atoms with E-state index in [1.165, 1.54) is 39.0 Å². The minimum atomic E-state index is 0.299. The van der Waals surface area contributed by atoms with Crippen molar-refractivity contribution in [1.29, 1.82) is 0 Å². The van der Waals surface area contributed by atoms with Crippen LogP contribution in [0.15, 0.2) is 53.6 Å². The Morgan fingerprint density at radius 3 is 2.83 bits per heavy atom. The second kappa shape index (κ2) is 4.72. The molecule has 2 atom stereocenters. The number of aryl methyl sites for hydroxylation is 2. The van der Waals surface area contributed by atoms with Gasteiger partial charge in [-0.3, -0.25) is 0 Å². The summed E-state index contributed by atoms with van der Waals surface area (Å²) in [4.78, 5) is 3.62. The molecule has 1 aromatic heterocycles. The zero-order valence-corrected chi connectivity index (χ0v) is 13.1. The van der Waals surface area contributed by atoms with E-state index in [1.807, 2.05) is 0 Å². The Morgan fingerprint density at radius 2 is 1.96 bits per heavy atom. The molecule has 0 radical (unpaired) electrons. The summed E-state index contributed by atoms with van der Waals surface area (Å²) in [5.41, 5.74) is 11.1. The highest BCUT2D eigenvalue weighted by Crippen LogP contribution is 2.40. The van der Waals surface area contributed by atoms with Crippen molar-refractivity contribution in [1.82, 2.24) is 10.4 Å². The van der Waals surface area contributed by atoms with Crippen LogP contribution in [0.1, 0.15) is 34.8 Å². The summed E-state index contributed by atoms with van der Waals surface area (Å²) in [7, 11) is 0. The van der Waals surface area contributed by atoms with Crippen LogP contribution in [-0.2, 0) is 6.42 Å². The third-order valence-corrected chi connectivity index (χ3v) is 5.26. The summed E-state index contributed by atoms with van der Waals surface area (Å²) in [5, 5.41) is 6.08. The van der Waals surface area contributed by atoms with E-state index in [4.69, 9.17) is 5.10 Å². The Bertz CT molecular complexity index is 921. The molecule has 0 unspecified atom stereocenters. The molecular formula is C20H19N3. The van der Waals surface area contributed by atoms with Gasteiger partial charge in [-0.2, -0.15) is 5.10 Å². The van der Waals surface area contributed by atoms with Crippen molar-refractivity contribution in [2.45, 2.75) is 25.8 Å². The first-order valence-electron chi connectivity index (χ1n) is 8.31. The third kappa shape index (κ3) is 1.86. The van der Waals surface area contributed by atoms with Crippen LogP contribution in [0, 0.1) is 12.8 Å². The summed E-state index contributed by atoms with van der Waals surface area (Å²) in [6.45, 7) is 2.16. The van der Waals surface area contributed by atoms with Gasteiger partial charge in [-0.15, -0.1) is 0 Å². The molecule has 5 rings (SSSR count). The van der Waals surface area contributed by atoms with Crippen LogP contribution in [0.5, 0.6) is 0 Å². The van der Waals surface area contributed by atoms with Crippen LogP contribution in [0.25, 0.3) is 10.9 Å². The van der Waals surface area contributed by atoms with E-state index in [-0.39, 0.29) is 0 Å². The van der Waals surface area contributed by atoms with Gasteiger partial charge < -0.3 is 10.4 Å². The second-order valence-electron chi connectivity index (χ2n) is 6.69. The Balaban J connectivity index is 1.60. The van der Waals surface area contributed by atoms with E-state index in [9.17, 15) is 0 Å². The fourth-order valence-electron chi connectivity index (χ4n) is 4.12. The molecular weight excluding hydrogens is 282 g/mol. The summed E-state index contributed by atoms with van der Waals surface area (Å²) in [5.74, 6) is 0.457. The lowest BCUT2D eigenvalue weighted by atomic mass is 9.79. The number of hydrazone groups is 1. The van der Waals surface area contributed by atoms with E-state index in [0.717, 1.165) is 12.8 Å². The van der Waals surface area contributed by atoms with Gasteiger partial charge in [0.1, 0.15) is 0 Å². The predicted molar refractivity (Wildman–Crippen MR) is 93.7 cm³/mol. The van der Waals surface area contributed by atoms with Crippen molar-refractivity contribution in [2.24, 2.45) is 11.0 Å². The minimum Gasteiger partial charge on any atom is -0.353 e. The van der Waals surface area contributed by atoms with Crippen molar-refractivity contribution in [3.05, 3.63) is 70.9 Å². The quantitative estimate of drug-likeness (QED) is 0.698. The Kier molecular flexibility index (Phi) is 2.66. The molecule has 23 heavy (non-hydrogen) atoms. The highest BCUT2D eigenvalue weighted by molar-refractivity contribution is 6.08. The van der Waals surface area contributed by atoms with Crippen LogP contribution in [0.2, 0.25) is 0 Å². The number of aromatic amines is 1. The normalized spacial score (nSPS) is 22.4. The van der Waals surface area contributed by atoms with Gasteiger partial charge in [0.25, 0.3) is 0 Å². The lowest BCUT2D eigenvalue weighted by Crippen LogP contribution is -2.26. The zero-order valence-electron chi connectivity index (χ0n) is 13.1. The van der Waals surface area contributed by atoms with Crippen molar-refractivity contribution in [2.75, 3.05) is 0 Å². The molecule has 2 N–H and O–H groups in total. The van der Waals surface area contributed by atoms with Crippen molar-refractivity contribution in [3.8, 4) is 0 Å². The average molecular weight is 301 g/mol. The molecule has 2 aromatic carbocycles. The van der Waals surface area contributed by atoms with Crippen LogP contribution >= 0.6 is 0 Å². The molecule has 3 nitrogen and oxygen atoms in total. The number of benzene rings is 2. The lowest BCUT2D eigenvalue weighted by molar-refractivity contribution is 0.467. The minimum absolute atomic E-state index is 0.299. The topological polar surface area (TPSA) is 40.2 Å². The first kappa shape index (κ1) is 12.9. The molecule has 1 aliphatic carbocycles. The van der Waals surface area contributed by atoms with Crippen LogP contribution in [0.3, 0.4) is 0 Å². The van der Waals surface area contributed by atoms with Crippen LogP contribution < -0.4 is 5.43 Å². The molecule has 2 aliphatic rings. The summed E-state index contributed by atoms with van der Waals surface area (Å²) in [6.07, 6.45) is 2.27. The first-order chi connectivity index (χ1) is 11.3. The average Bonchev–Trinajstić information content (AvgIpc) is 3.16. The zero-order chi connectivity index (χ0) is 15.4. The molecule has 3 aromatic rings. The lowest BCUT2D eigenvalue weighted by Gasteiger charge is -2.24. The van der Waals surface area contributed by atoms with Crippen LogP contribution in [-0.4, -0.2) is 10.7 Å². The molecule has 0 bridgehead atoms. The van der Waals surface area contributed by atoms with Crippen LogP contribution in [0.4, 0.5) is 0 Å². The molecule has 1 aliphatic heterocycles. The fourth-order valence-corrected chi connectivity index (χ4v) is 4.12. The van der Waals surface area contributed by atoms with Gasteiger partial charge in [0.05, 0.1) is 17.4 Å². The molecule has 0 amide bonds. The van der Waals surface area contributed by atoms with Crippen molar-refractivity contribution >= 4 is 16.6 Å². The predicted octanol–water partition coefficient (Wildman–Crippen LogP) is 4.09. The largest absolute Gasteiger partial charge is 0.353 e. The summed E-state index contributed by atoms with van der Waals surface area (Å²) < 4.78 is 0. The van der Waals surface area contributed by atoms with E-state index in [1.54, 1.807) is 0 Å². The number of aromatic nitrogens is 1. The molecule has 114 valence electrons. The van der Waals surface area contributed by atoms with Gasteiger partial charge in [0.2, 0.25) is 0 Å². The highest BCUT2D eigenvalue weighted by atomic mass is 15.3. The highest BCUT2D eigenvalue weighted by Gasteiger charge is 2.38. The second-order valence-corrected chi connectivity index (χ2v) is 6.69. The van der Waals surface area contributed by atoms with Gasteiger partial charge in [-0.05, 0) is 43.0 Å². The first-order valence-corrected chi connectivity index (χ1v) is 8.31. The third-order valence-electron chi connectivity index (χ3n) is 5.26. The van der Waals surface area contributed by atoms with Gasteiger partial charge in [0.15, 0.2) is 0 Å². The molecule has 3 heteroatoms. The number of hydrogen-bond acceptors (Lipinski definition) is 2. The maximum Gasteiger partial charge on any atom is 0.0896 e. The number of hydrogen-bond donors (Lipinski definition) is 2. The van der Waals surface area contributed by atoms with E-state index in [0.29, 0.717) is 12.0 Å². The Hall–Kier alpha value is -2.55. The van der Waals surface area contributed by atoms with Gasteiger partial charge in [-0.1, -0.05) is 42.0 Å². The van der Waals surface area contributed by atoms with E-state index in [2.05, 4.69) is 65.9 Å². The van der Waals surface area contributed by atoms with E-state index >= 15 is 0 Å². The van der Waals surface area contributed by atoms with Gasteiger partial charge in [0, 0.05) is 16.8 Å².